The minimum Gasteiger partial charge on any atom is -0.493 e. The molecule has 1 unspecified atom stereocenters. The molecule has 116 valence electrons. The first-order valence-corrected chi connectivity index (χ1v) is 8.40. The fourth-order valence-electron chi connectivity index (χ4n) is 3.43. The maximum absolute atomic E-state index is 5.59. The molecule has 0 aliphatic carbocycles. The molecule has 2 heterocycles. The minimum absolute atomic E-state index is 0.280. The molecule has 1 N–H and O–H groups in total. The summed E-state index contributed by atoms with van der Waals surface area (Å²) in [6, 6.07) is 6.73. The Morgan fingerprint density at radius 1 is 1.38 bits per heavy atom. The Morgan fingerprint density at radius 3 is 3.14 bits per heavy atom. The lowest BCUT2D eigenvalue weighted by Gasteiger charge is -2.32. The average molecular weight is 288 g/mol. The van der Waals surface area contributed by atoms with E-state index < -0.39 is 0 Å². The van der Waals surface area contributed by atoms with E-state index in [2.05, 4.69) is 42.3 Å². The van der Waals surface area contributed by atoms with Crippen LogP contribution in [0.2, 0.25) is 0 Å². The van der Waals surface area contributed by atoms with Crippen molar-refractivity contribution in [3.05, 3.63) is 29.3 Å². The third-order valence-corrected chi connectivity index (χ3v) is 5.03. The van der Waals surface area contributed by atoms with Crippen molar-refractivity contribution in [2.75, 3.05) is 32.8 Å². The Balaban J connectivity index is 1.59. The summed E-state index contributed by atoms with van der Waals surface area (Å²) < 4.78 is 5.59. The third-order valence-electron chi connectivity index (χ3n) is 5.03. The van der Waals surface area contributed by atoms with Crippen molar-refractivity contribution in [3.63, 3.8) is 0 Å². The van der Waals surface area contributed by atoms with Gasteiger partial charge in [-0.2, -0.15) is 0 Å². The van der Waals surface area contributed by atoms with Gasteiger partial charge in [0.05, 0.1) is 6.61 Å². The van der Waals surface area contributed by atoms with E-state index in [4.69, 9.17) is 4.74 Å². The number of hydrogen-bond acceptors (Lipinski definition) is 3. The zero-order valence-electron chi connectivity index (χ0n) is 13.5. The molecule has 21 heavy (non-hydrogen) atoms. The van der Waals surface area contributed by atoms with Crippen LogP contribution in [0.5, 0.6) is 5.75 Å². The molecule has 3 heteroatoms. The SMILES string of the molecule is CCC1(C)CN(CCc2ccc3c(c2)CCO3)CCCN1. The zero-order valence-corrected chi connectivity index (χ0v) is 13.5. The van der Waals surface area contributed by atoms with Gasteiger partial charge in [-0.1, -0.05) is 19.1 Å². The fourth-order valence-corrected chi connectivity index (χ4v) is 3.43. The summed E-state index contributed by atoms with van der Waals surface area (Å²) in [4.78, 5) is 2.63. The first-order chi connectivity index (χ1) is 10.2. The molecular weight excluding hydrogens is 260 g/mol. The van der Waals surface area contributed by atoms with Gasteiger partial charge in [0, 0.05) is 25.0 Å². The number of rotatable bonds is 4. The highest BCUT2D eigenvalue weighted by Crippen LogP contribution is 2.26. The lowest BCUT2D eigenvalue weighted by Crippen LogP contribution is -2.48. The number of benzene rings is 1. The molecule has 1 saturated heterocycles. The highest BCUT2D eigenvalue weighted by Gasteiger charge is 2.26. The summed E-state index contributed by atoms with van der Waals surface area (Å²) in [5.74, 6) is 1.09. The second-order valence-corrected chi connectivity index (χ2v) is 6.76. The van der Waals surface area contributed by atoms with Crippen LogP contribution in [0.15, 0.2) is 18.2 Å². The van der Waals surface area contributed by atoms with Crippen LogP contribution in [0.3, 0.4) is 0 Å². The summed E-state index contributed by atoms with van der Waals surface area (Å²) in [6.07, 6.45) is 4.67. The van der Waals surface area contributed by atoms with Gasteiger partial charge in [0.2, 0.25) is 0 Å². The second kappa shape index (κ2) is 6.37. The van der Waals surface area contributed by atoms with Crippen LogP contribution in [-0.4, -0.2) is 43.2 Å². The van der Waals surface area contributed by atoms with Gasteiger partial charge in [0.1, 0.15) is 5.75 Å². The van der Waals surface area contributed by atoms with Crippen LogP contribution in [0.4, 0.5) is 0 Å². The van der Waals surface area contributed by atoms with Gasteiger partial charge in [0.25, 0.3) is 0 Å². The van der Waals surface area contributed by atoms with E-state index in [1.165, 1.54) is 30.5 Å². The summed E-state index contributed by atoms with van der Waals surface area (Å²) in [6.45, 7) is 10.2. The maximum Gasteiger partial charge on any atom is 0.122 e. The molecule has 3 rings (SSSR count). The van der Waals surface area contributed by atoms with Crippen molar-refractivity contribution in [3.8, 4) is 5.75 Å². The predicted molar refractivity (Wildman–Crippen MR) is 87.1 cm³/mol. The second-order valence-electron chi connectivity index (χ2n) is 6.76. The molecule has 0 aromatic heterocycles. The lowest BCUT2D eigenvalue weighted by molar-refractivity contribution is 0.217. The van der Waals surface area contributed by atoms with Crippen LogP contribution in [-0.2, 0) is 12.8 Å². The molecule has 0 bridgehead atoms. The summed E-state index contributed by atoms with van der Waals surface area (Å²) >= 11 is 0. The van der Waals surface area contributed by atoms with Gasteiger partial charge in [-0.05, 0) is 56.5 Å². The first kappa shape index (κ1) is 14.9. The predicted octanol–water partition coefficient (Wildman–Crippen LogP) is 2.63. The topological polar surface area (TPSA) is 24.5 Å². The lowest BCUT2D eigenvalue weighted by atomic mass is 9.98. The molecule has 0 radical (unpaired) electrons. The van der Waals surface area contributed by atoms with Gasteiger partial charge in [0.15, 0.2) is 0 Å². The van der Waals surface area contributed by atoms with E-state index in [0.717, 1.165) is 44.8 Å². The Bertz CT molecular complexity index is 488. The highest BCUT2D eigenvalue weighted by atomic mass is 16.5. The van der Waals surface area contributed by atoms with E-state index in [0.29, 0.717) is 0 Å². The molecule has 2 aliphatic heterocycles. The fraction of sp³-hybridized carbons (Fsp3) is 0.667. The summed E-state index contributed by atoms with van der Waals surface area (Å²) in [5, 5.41) is 3.71. The number of nitrogens with zero attached hydrogens (tertiary/aromatic N) is 1. The standard InChI is InChI=1S/C18H28N2O/c1-3-18(2)14-20(10-4-9-19-18)11-7-15-5-6-17-16(13-15)8-12-21-17/h5-6,13,19H,3-4,7-12,14H2,1-2H3. The molecular formula is C18H28N2O. The molecule has 0 saturated carbocycles. The molecule has 1 aromatic rings. The third kappa shape index (κ3) is 3.58. The van der Waals surface area contributed by atoms with Crippen molar-refractivity contribution in [2.24, 2.45) is 0 Å². The summed E-state index contributed by atoms with van der Waals surface area (Å²) in [7, 11) is 0. The molecule has 2 aliphatic rings. The monoisotopic (exact) mass is 288 g/mol. The van der Waals surface area contributed by atoms with E-state index >= 15 is 0 Å². The van der Waals surface area contributed by atoms with E-state index in [9.17, 15) is 0 Å². The zero-order chi connectivity index (χ0) is 14.7. The summed E-state index contributed by atoms with van der Waals surface area (Å²) in [5.41, 5.74) is 3.13. The average Bonchev–Trinajstić information content (AvgIpc) is 2.88. The Morgan fingerprint density at radius 2 is 2.29 bits per heavy atom. The Hall–Kier alpha value is -1.06. The highest BCUT2D eigenvalue weighted by molar-refractivity contribution is 5.39. The van der Waals surface area contributed by atoms with Crippen molar-refractivity contribution < 1.29 is 4.74 Å². The Labute approximate surface area is 128 Å². The number of hydrogen-bond donors (Lipinski definition) is 1. The largest absolute Gasteiger partial charge is 0.493 e. The van der Waals surface area contributed by atoms with E-state index in [-0.39, 0.29) is 5.54 Å². The van der Waals surface area contributed by atoms with Crippen LogP contribution in [0.25, 0.3) is 0 Å². The first-order valence-electron chi connectivity index (χ1n) is 8.40. The van der Waals surface area contributed by atoms with Crippen LogP contribution >= 0.6 is 0 Å². The minimum atomic E-state index is 0.280. The van der Waals surface area contributed by atoms with Crippen molar-refractivity contribution in [1.29, 1.82) is 0 Å². The quantitative estimate of drug-likeness (QED) is 0.922. The van der Waals surface area contributed by atoms with E-state index in [1.54, 1.807) is 0 Å². The van der Waals surface area contributed by atoms with Gasteiger partial charge >= 0.3 is 0 Å². The molecule has 1 atom stereocenters. The Kier molecular flexibility index (Phi) is 4.51. The van der Waals surface area contributed by atoms with Crippen molar-refractivity contribution in [1.82, 2.24) is 10.2 Å². The van der Waals surface area contributed by atoms with Crippen molar-refractivity contribution in [2.45, 2.75) is 45.1 Å². The number of nitrogens with one attached hydrogen (secondary N) is 1. The van der Waals surface area contributed by atoms with Crippen LogP contribution in [0, 0.1) is 0 Å². The normalized spacial score (nSPS) is 26.2. The molecule has 1 aromatic carbocycles. The van der Waals surface area contributed by atoms with E-state index in [1.807, 2.05) is 0 Å². The number of ether oxygens (including phenoxy) is 1. The molecule has 1 fully saturated rings. The van der Waals surface area contributed by atoms with Gasteiger partial charge < -0.3 is 15.0 Å². The molecule has 0 amide bonds. The smallest absolute Gasteiger partial charge is 0.122 e. The van der Waals surface area contributed by atoms with Crippen LogP contribution in [0.1, 0.15) is 37.8 Å². The van der Waals surface area contributed by atoms with Gasteiger partial charge in [-0.3, -0.25) is 0 Å². The molecule has 0 spiro atoms. The van der Waals surface area contributed by atoms with Crippen LogP contribution < -0.4 is 10.1 Å². The molecule has 3 nitrogen and oxygen atoms in total. The van der Waals surface area contributed by atoms with Gasteiger partial charge in [-0.15, -0.1) is 0 Å². The maximum atomic E-state index is 5.59. The van der Waals surface area contributed by atoms with Gasteiger partial charge in [-0.25, -0.2) is 0 Å². The number of fused-ring (bicyclic) bond motifs is 1. The van der Waals surface area contributed by atoms with Crippen molar-refractivity contribution >= 4 is 0 Å².